The minimum atomic E-state index is -3.90. The van der Waals surface area contributed by atoms with Crippen molar-refractivity contribution in [1.82, 2.24) is 4.98 Å². The van der Waals surface area contributed by atoms with Crippen molar-refractivity contribution in [3.63, 3.8) is 0 Å². The van der Waals surface area contributed by atoms with E-state index in [1.165, 1.54) is 24.3 Å². The number of hydrogen-bond donors (Lipinski definition) is 1. The molecule has 2 amide bonds. The smallest absolute Gasteiger partial charge is 0.247 e. The zero-order valence-electron chi connectivity index (χ0n) is 17.8. The van der Waals surface area contributed by atoms with E-state index in [9.17, 15) is 23.3 Å². The van der Waals surface area contributed by atoms with Gasteiger partial charge in [0.05, 0.1) is 34.2 Å². The lowest BCUT2D eigenvalue weighted by atomic mass is 10.1. The van der Waals surface area contributed by atoms with E-state index < -0.39 is 27.1 Å². The Kier molecular flexibility index (Phi) is 6.39. The number of aromatic nitrogens is 1. The van der Waals surface area contributed by atoms with Gasteiger partial charge in [0.25, 0.3) is 0 Å². The number of benzene rings is 2. The monoisotopic (exact) mass is 494 g/mol. The van der Waals surface area contributed by atoms with Gasteiger partial charge >= 0.3 is 0 Å². The minimum Gasteiger partial charge on any atom is -0.497 e. The van der Waals surface area contributed by atoms with Crippen molar-refractivity contribution >= 4 is 39.3 Å². The molecule has 1 aliphatic heterocycles. The quantitative estimate of drug-likeness (QED) is 0.515. The predicted molar refractivity (Wildman–Crippen MR) is 126 cm³/mol. The lowest BCUT2D eigenvalue weighted by molar-refractivity contribution is -0.121. The van der Waals surface area contributed by atoms with Crippen LogP contribution in [0.2, 0.25) is 0 Å². The molecule has 34 heavy (non-hydrogen) atoms. The van der Waals surface area contributed by atoms with Gasteiger partial charge in [-0.2, -0.15) is 5.26 Å². The van der Waals surface area contributed by atoms with Gasteiger partial charge in [0.1, 0.15) is 16.8 Å². The lowest BCUT2D eigenvalue weighted by Gasteiger charge is -2.15. The van der Waals surface area contributed by atoms with Gasteiger partial charge in [0.15, 0.2) is 0 Å². The fraction of sp³-hybridized carbons (Fsp3) is 0.130. The summed E-state index contributed by atoms with van der Waals surface area (Å²) in [5.74, 6) is -0.214. The number of anilines is 1. The van der Waals surface area contributed by atoms with Crippen molar-refractivity contribution in [3.8, 4) is 23.1 Å². The topological polar surface area (TPSA) is 143 Å². The first-order chi connectivity index (χ1) is 16.2. The second-order valence-corrected chi connectivity index (χ2v) is 10.1. The summed E-state index contributed by atoms with van der Waals surface area (Å²) in [6, 6.07) is 17.8. The summed E-state index contributed by atoms with van der Waals surface area (Å²) in [6.45, 7) is 0. The van der Waals surface area contributed by atoms with Crippen LogP contribution in [0.15, 0.2) is 70.6 Å². The molecule has 0 aliphatic carbocycles. The van der Waals surface area contributed by atoms with Crippen LogP contribution in [0, 0.1) is 11.3 Å². The number of sulfonamides is 1. The maximum atomic E-state index is 13.0. The van der Waals surface area contributed by atoms with E-state index in [0.29, 0.717) is 22.0 Å². The predicted octanol–water partition coefficient (Wildman–Crippen LogP) is 2.70. The number of pyridine rings is 1. The van der Waals surface area contributed by atoms with Crippen LogP contribution in [0.4, 0.5) is 5.69 Å². The van der Waals surface area contributed by atoms with Crippen molar-refractivity contribution in [2.75, 3.05) is 12.0 Å². The summed E-state index contributed by atoms with van der Waals surface area (Å²) < 4.78 is 28.1. The Bertz CT molecular complexity index is 1420. The molecule has 0 bridgehead atoms. The van der Waals surface area contributed by atoms with Crippen LogP contribution >= 0.6 is 11.8 Å². The van der Waals surface area contributed by atoms with Gasteiger partial charge in [-0.25, -0.2) is 23.4 Å². The molecule has 2 N–H and O–H groups in total. The molecule has 1 fully saturated rings. The number of nitriles is 1. The number of rotatable bonds is 6. The second-order valence-electron chi connectivity index (χ2n) is 7.31. The van der Waals surface area contributed by atoms with Crippen LogP contribution in [0.3, 0.4) is 0 Å². The highest BCUT2D eigenvalue weighted by atomic mass is 32.2. The molecular formula is C23H18N4O5S2. The normalized spacial score (nSPS) is 15.9. The molecule has 1 aromatic heterocycles. The number of methoxy groups -OCH3 is 1. The first-order valence-corrected chi connectivity index (χ1v) is 12.4. The van der Waals surface area contributed by atoms with Crippen molar-refractivity contribution in [2.24, 2.45) is 5.14 Å². The Morgan fingerprint density at radius 2 is 1.76 bits per heavy atom. The highest BCUT2D eigenvalue weighted by Gasteiger charge is 2.40. The fourth-order valence-corrected chi connectivity index (χ4v) is 5.03. The van der Waals surface area contributed by atoms with Gasteiger partial charge in [-0.1, -0.05) is 11.8 Å². The summed E-state index contributed by atoms with van der Waals surface area (Å²) >= 11 is 1.05. The van der Waals surface area contributed by atoms with Crippen molar-refractivity contribution in [1.29, 1.82) is 5.26 Å². The number of nitrogens with two attached hydrogens (primary N) is 1. The largest absolute Gasteiger partial charge is 0.497 e. The Morgan fingerprint density at radius 3 is 2.35 bits per heavy atom. The first-order valence-electron chi connectivity index (χ1n) is 9.93. The number of carbonyl (C=O) groups is 2. The Labute approximate surface area is 200 Å². The van der Waals surface area contributed by atoms with E-state index >= 15 is 0 Å². The second kappa shape index (κ2) is 9.26. The highest BCUT2D eigenvalue weighted by Crippen LogP contribution is 2.36. The lowest BCUT2D eigenvalue weighted by Crippen LogP contribution is -2.31. The van der Waals surface area contributed by atoms with E-state index in [1.807, 2.05) is 12.1 Å². The fourth-order valence-electron chi connectivity index (χ4n) is 3.42. The molecular weight excluding hydrogens is 476 g/mol. The molecule has 3 aromatic rings. The SMILES string of the molecule is COc1ccc(-c2ccc(C#N)c(SC3CC(=O)N(c4ccc(S(N)(=O)=O)cc4)C3=O)n2)cc1. The molecule has 9 nitrogen and oxygen atoms in total. The minimum absolute atomic E-state index is 0.0836. The zero-order chi connectivity index (χ0) is 24.5. The van der Waals surface area contributed by atoms with E-state index in [4.69, 9.17) is 9.88 Å². The van der Waals surface area contributed by atoms with Crippen molar-refractivity contribution in [3.05, 3.63) is 66.2 Å². The molecule has 0 radical (unpaired) electrons. The molecule has 1 aliphatic rings. The van der Waals surface area contributed by atoms with E-state index in [-0.39, 0.29) is 17.0 Å². The summed E-state index contributed by atoms with van der Waals surface area (Å²) in [5, 5.41) is 14.2. The number of imide groups is 1. The average Bonchev–Trinajstić information content (AvgIpc) is 3.11. The summed E-state index contributed by atoms with van der Waals surface area (Å²) in [6.07, 6.45) is -0.0836. The van der Waals surface area contributed by atoms with Crippen LogP contribution in [0.5, 0.6) is 5.75 Å². The molecule has 4 rings (SSSR count). The number of primary sulfonamides is 1. The number of thioether (sulfide) groups is 1. The molecule has 0 saturated carbocycles. The van der Waals surface area contributed by atoms with Crippen LogP contribution < -0.4 is 14.8 Å². The summed E-state index contributed by atoms with van der Waals surface area (Å²) in [5.41, 5.74) is 1.94. The summed E-state index contributed by atoms with van der Waals surface area (Å²) in [7, 11) is -2.33. The van der Waals surface area contributed by atoms with E-state index in [0.717, 1.165) is 22.2 Å². The summed E-state index contributed by atoms with van der Waals surface area (Å²) in [4.78, 5) is 31.1. The maximum Gasteiger partial charge on any atom is 0.247 e. The van der Waals surface area contributed by atoms with Gasteiger partial charge in [-0.15, -0.1) is 0 Å². The average molecular weight is 495 g/mol. The Hall–Kier alpha value is -3.72. The third-order valence-corrected chi connectivity index (χ3v) is 7.27. The molecule has 11 heteroatoms. The zero-order valence-corrected chi connectivity index (χ0v) is 19.5. The molecule has 1 unspecified atom stereocenters. The Morgan fingerprint density at radius 1 is 1.09 bits per heavy atom. The molecule has 2 heterocycles. The van der Waals surface area contributed by atoms with Crippen molar-refractivity contribution < 1.29 is 22.7 Å². The third kappa shape index (κ3) is 4.65. The number of nitrogens with zero attached hydrogens (tertiary/aromatic N) is 3. The van der Waals surface area contributed by atoms with Gasteiger partial charge in [0, 0.05) is 12.0 Å². The van der Waals surface area contributed by atoms with E-state index in [1.54, 1.807) is 31.4 Å². The number of hydrogen-bond acceptors (Lipinski definition) is 8. The molecule has 2 aromatic carbocycles. The van der Waals surface area contributed by atoms with E-state index in [2.05, 4.69) is 11.1 Å². The number of ether oxygens (including phenoxy) is 1. The Balaban J connectivity index is 1.59. The highest BCUT2D eigenvalue weighted by molar-refractivity contribution is 8.00. The number of carbonyl (C=O) groups excluding carboxylic acids is 2. The van der Waals surface area contributed by atoms with Crippen LogP contribution in [0.1, 0.15) is 12.0 Å². The maximum absolute atomic E-state index is 13.0. The van der Waals surface area contributed by atoms with Gasteiger partial charge in [-0.05, 0) is 60.7 Å². The van der Waals surface area contributed by atoms with Crippen molar-refractivity contribution in [2.45, 2.75) is 21.6 Å². The van der Waals surface area contributed by atoms with Crippen LogP contribution in [0.25, 0.3) is 11.3 Å². The molecule has 1 atom stereocenters. The molecule has 1 saturated heterocycles. The number of amides is 2. The molecule has 0 spiro atoms. The van der Waals surface area contributed by atoms with Gasteiger partial charge in [-0.3, -0.25) is 9.59 Å². The molecule has 172 valence electrons. The van der Waals surface area contributed by atoms with Crippen LogP contribution in [-0.4, -0.2) is 37.6 Å². The van der Waals surface area contributed by atoms with Gasteiger partial charge < -0.3 is 4.74 Å². The third-order valence-electron chi connectivity index (χ3n) is 5.15. The van der Waals surface area contributed by atoms with Gasteiger partial charge in [0.2, 0.25) is 21.8 Å². The first kappa shape index (κ1) is 23.4. The standard InChI is InChI=1S/C23H18N4O5S2/c1-32-17-7-2-14(3-8-17)19-11-4-15(13-24)22(26-19)33-20-12-21(28)27(23(20)29)16-5-9-18(10-6-16)34(25,30)31/h2-11,20H,12H2,1H3,(H2,25,30,31). The van der Waals surface area contributed by atoms with Crippen LogP contribution in [-0.2, 0) is 19.6 Å².